The van der Waals surface area contributed by atoms with Gasteiger partial charge in [0.15, 0.2) is 0 Å². The molecule has 2 atom stereocenters. The van der Waals surface area contributed by atoms with Gasteiger partial charge in [0.2, 0.25) is 0 Å². The molecule has 2 rings (SSSR count). The van der Waals surface area contributed by atoms with E-state index in [0.717, 1.165) is 18.0 Å². The van der Waals surface area contributed by atoms with Crippen molar-refractivity contribution in [1.29, 1.82) is 0 Å². The second kappa shape index (κ2) is 5.36. The van der Waals surface area contributed by atoms with Crippen molar-refractivity contribution >= 4 is 11.6 Å². The molecule has 1 aliphatic carbocycles. The van der Waals surface area contributed by atoms with Gasteiger partial charge in [-0.3, -0.25) is 0 Å². The fourth-order valence-corrected chi connectivity index (χ4v) is 2.68. The van der Waals surface area contributed by atoms with Crippen LogP contribution in [0.5, 0.6) is 0 Å². The third-order valence-corrected chi connectivity index (χ3v) is 3.95. The lowest BCUT2D eigenvalue weighted by atomic mass is 9.90. The fraction of sp³-hybridized carbons (Fsp3) is 0.571. The van der Waals surface area contributed by atoms with Crippen LogP contribution in [0.1, 0.15) is 38.3 Å². The highest BCUT2D eigenvalue weighted by atomic mass is 35.5. The monoisotopic (exact) mass is 255 g/mol. The molecule has 1 aromatic carbocycles. The molecule has 2 unspecified atom stereocenters. The summed E-state index contributed by atoms with van der Waals surface area (Å²) in [5.74, 6) is 1.06. The molecule has 94 valence electrons. The third-order valence-electron chi connectivity index (χ3n) is 3.61. The molecule has 17 heavy (non-hydrogen) atoms. The van der Waals surface area contributed by atoms with Crippen molar-refractivity contribution in [3.63, 3.8) is 0 Å². The highest BCUT2D eigenvalue weighted by Crippen LogP contribution is 2.43. The number of hydrogen-bond acceptors (Lipinski definition) is 1. The van der Waals surface area contributed by atoms with Gasteiger partial charge < -0.3 is 5.32 Å². The van der Waals surface area contributed by atoms with Crippen molar-refractivity contribution in [1.82, 2.24) is 5.32 Å². The minimum absolute atomic E-state index is 0.163. The molecule has 0 amide bonds. The Labute approximate surface area is 107 Å². The Morgan fingerprint density at radius 2 is 2.18 bits per heavy atom. The first kappa shape index (κ1) is 12.8. The molecule has 0 heterocycles. The number of halogens is 2. The summed E-state index contributed by atoms with van der Waals surface area (Å²) in [5.41, 5.74) is 0.896. The molecular weight excluding hydrogens is 237 g/mol. The van der Waals surface area contributed by atoms with Crippen LogP contribution in [-0.4, -0.2) is 6.54 Å². The Morgan fingerprint density at radius 3 is 2.76 bits per heavy atom. The summed E-state index contributed by atoms with van der Waals surface area (Å²) in [6.07, 6.45) is 2.58. The summed E-state index contributed by atoms with van der Waals surface area (Å²) < 4.78 is 13.3. The molecule has 0 bridgehead atoms. The number of nitrogens with one attached hydrogen (secondary N) is 1. The van der Waals surface area contributed by atoms with Crippen molar-refractivity contribution in [2.24, 2.45) is 11.8 Å². The van der Waals surface area contributed by atoms with Crippen LogP contribution in [-0.2, 0) is 0 Å². The quantitative estimate of drug-likeness (QED) is 0.833. The molecule has 1 fully saturated rings. The number of hydrogen-bond donors (Lipinski definition) is 1. The molecule has 0 radical (unpaired) electrons. The normalized spacial score (nSPS) is 19.1. The minimum atomic E-state index is -0.213. The Kier molecular flexibility index (Phi) is 4.05. The van der Waals surface area contributed by atoms with E-state index in [1.807, 2.05) is 0 Å². The van der Waals surface area contributed by atoms with E-state index in [-0.39, 0.29) is 11.9 Å². The van der Waals surface area contributed by atoms with Crippen LogP contribution in [0.25, 0.3) is 0 Å². The Balaban J connectivity index is 2.27. The fourth-order valence-electron chi connectivity index (χ4n) is 2.45. The van der Waals surface area contributed by atoms with E-state index in [9.17, 15) is 4.39 Å². The van der Waals surface area contributed by atoms with Crippen LogP contribution >= 0.6 is 11.6 Å². The van der Waals surface area contributed by atoms with E-state index < -0.39 is 0 Å². The second-order valence-electron chi connectivity index (χ2n) is 4.90. The first-order valence-electron chi connectivity index (χ1n) is 6.31. The van der Waals surface area contributed by atoms with Gasteiger partial charge in [0.05, 0.1) is 0 Å². The maximum absolute atomic E-state index is 13.3. The lowest BCUT2D eigenvalue weighted by Crippen LogP contribution is -2.28. The standard InChI is InChI=1S/C14H19ClFN/c1-3-17-14(9(2)10-4-5-10)12-8-11(16)6-7-13(12)15/h6-10,14,17H,3-5H2,1-2H3. The van der Waals surface area contributed by atoms with Crippen molar-refractivity contribution in [2.45, 2.75) is 32.7 Å². The summed E-state index contributed by atoms with van der Waals surface area (Å²) in [6, 6.07) is 4.79. The molecule has 1 nitrogen and oxygen atoms in total. The topological polar surface area (TPSA) is 12.0 Å². The summed E-state index contributed by atoms with van der Waals surface area (Å²) in [6.45, 7) is 5.17. The van der Waals surface area contributed by atoms with E-state index in [1.165, 1.54) is 18.9 Å². The molecule has 1 aliphatic rings. The zero-order valence-corrected chi connectivity index (χ0v) is 11.1. The predicted octanol–water partition coefficient (Wildman–Crippen LogP) is 4.18. The molecule has 0 saturated heterocycles. The summed E-state index contributed by atoms with van der Waals surface area (Å²) in [5, 5.41) is 4.09. The van der Waals surface area contributed by atoms with Crippen LogP contribution in [0.4, 0.5) is 4.39 Å². The first-order valence-corrected chi connectivity index (χ1v) is 6.69. The maximum Gasteiger partial charge on any atom is 0.123 e. The molecule has 3 heteroatoms. The van der Waals surface area contributed by atoms with Gasteiger partial charge in [0.25, 0.3) is 0 Å². The van der Waals surface area contributed by atoms with Crippen LogP contribution in [0.3, 0.4) is 0 Å². The van der Waals surface area contributed by atoms with E-state index >= 15 is 0 Å². The highest BCUT2D eigenvalue weighted by Gasteiger charge is 2.34. The largest absolute Gasteiger partial charge is 0.310 e. The van der Waals surface area contributed by atoms with Crippen LogP contribution < -0.4 is 5.32 Å². The van der Waals surface area contributed by atoms with Crippen molar-refractivity contribution in [2.75, 3.05) is 6.54 Å². The summed E-state index contributed by atoms with van der Waals surface area (Å²) in [4.78, 5) is 0. The predicted molar refractivity (Wildman–Crippen MR) is 69.7 cm³/mol. The van der Waals surface area contributed by atoms with Gasteiger partial charge in [-0.05, 0) is 55.0 Å². The average molecular weight is 256 g/mol. The SMILES string of the molecule is CCNC(c1cc(F)ccc1Cl)C(C)C1CC1. The Bertz CT molecular complexity index is 390. The molecule has 1 aromatic rings. The van der Waals surface area contributed by atoms with Gasteiger partial charge in [-0.25, -0.2) is 4.39 Å². The van der Waals surface area contributed by atoms with Crippen molar-refractivity contribution in [3.8, 4) is 0 Å². The zero-order chi connectivity index (χ0) is 12.4. The second-order valence-corrected chi connectivity index (χ2v) is 5.30. The molecule has 1 saturated carbocycles. The molecule has 1 N–H and O–H groups in total. The lowest BCUT2D eigenvalue weighted by molar-refractivity contribution is 0.354. The van der Waals surface area contributed by atoms with Crippen LogP contribution in [0.15, 0.2) is 18.2 Å². The van der Waals surface area contributed by atoms with E-state index in [4.69, 9.17) is 11.6 Å². The Morgan fingerprint density at radius 1 is 1.47 bits per heavy atom. The molecular formula is C14H19ClFN. The molecule has 0 aliphatic heterocycles. The van der Waals surface area contributed by atoms with Crippen molar-refractivity contribution < 1.29 is 4.39 Å². The van der Waals surface area contributed by atoms with Gasteiger partial charge in [0, 0.05) is 11.1 Å². The van der Waals surface area contributed by atoms with Crippen LogP contribution in [0, 0.1) is 17.7 Å². The summed E-state index contributed by atoms with van der Waals surface area (Å²) in [7, 11) is 0. The zero-order valence-electron chi connectivity index (χ0n) is 10.3. The highest BCUT2D eigenvalue weighted by molar-refractivity contribution is 6.31. The first-order chi connectivity index (χ1) is 8.13. The molecule has 0 spiro atoms. The maximum atomic E-state index is 13.3. The van der Waals surface area contributed by atoms with Gasteiger partial charge >= 0.3 is 0 Å². The van der Waals surface area contributed by atoms with E-state index in [0.29, 0.717) is 10.9 Å². The molecule has 0 aromatic heterocycles. The van der Waals surface area contributed by atoms with Gasteiger partial charge in [-0.2, -0.15) is 0 Å². The van der Waals surface area contributed by atoms with Crippen molar-refractivity contribution in [3.05, 3.63) is 34.6 Å². The number of benzene rings is 1. The van der Waals surface area contributed by atoms with E-state index in [2.05, 4.69) is 19.2 Å². The van der Waals surface area contributed by atoms with Gasteiger partial charge in [-0.15, -0.1) is 0 Å². The minimum Gasteiger partial charge on any atom is -0.310 e. The summed E-state index contributed by atoms with van der Waals surface area (Å²) >= 11 is 6.19. The van der Waals surface area contributed by atoms with Gasteiger partial charge in [0.1, 0.15) is 5.82 Å². The third kappa shape index (κ3) is 2.99. The van der Waals surface area contributed by atoms with Gasteiger partial charge in [-0.1, -0.05) is 25.4 Å². The Hall–Kier alpha value is -0.600. The van der Waals surface area contributed by atoms with Crippen LogP contribution in [0.2, 0.25) is 5.02 Å². The number of rotatable bonds is 5. The lowest BCUT2D eigenvalue weighted by Gasteiger charge is -2.26. The average Bonchev–Trinajstić information content (AvgIpc) is 3.12. The van der Waals surface area contributed by atoms with E-state index in [1.54, 1.807) is 12.1 Å². The smallest absolute Gasteiger partial charge is 0.123 e.